The van der Waals surface area contributed by atoms with E-state index >= 15 is 0 Å². The molecule has 1 atom stereocenters. The van der Waals surface area contributed by atoms with Crippen molar-refractivity contribution in [3.05, 3.63) is 29.3 Å². The summed E-state index contributed by atoms with van der Waals surface area (Å²) in [5.41, 5.74) is 2.75. The van der Waals surface area contributed by atoms with Gasteiger partial charge in [-0.1, -0.05) is 0 Å². The van der Waals surface area contributed by atoms with Crippen LogP contribution in [0.4, 0.5) is 5.69 Å². The summed E-state index contributed by atoms with van der Waals surface area (Å²) < 4.78 is 0. The van der Waals surface area contributed by atoms with Gasteiger partial charge >= 0.3 is 0 Å². The fraction of sp³-hybridized carbons (Fsp3) is 0.643. The average molecular weight is 521 g/mol. The Balaban J connectivity index is 0.938. The van der Waals surface area contributed by atoms with Crippen LogP contribution in [0.25, 0.3) is 0 Å². The molecule has 0 spiro atoms. The maximum absolute atomic E-state index is 13.2. The predicted octanol–water partition coefficient (Wildman–Crippen LogP) is 0.285. The van der Waals surface area contributed by atoms with Crippen LogP contribution in [0.5, 0.6) is 0 Å². The standard InChI is InChI=1S/C28H36N6O4/c35-23-4-3-22(24(36)30-23)34-25(37)20-2-1-19(13-21(20)26(34)38)33-11-9-32(10-12-33)18-28-14-27(15-28,16-28)17-31-7-5-29-6-8-31/h1-2,13,22,29H,3-12,14-18H2,(H,30,35,36). The molecule has 4 amide bonds. The topological polar surface area (TPSA) is 105 Å². The molecule has 3 saturated heterocycles. The Labute approximate surface area is 222 Å². The summed E-state index contributed by atoms with van der Waals surface area (Å²) in [5, 5.41) is 5.70. The van der Waals surface area contributed by atoms with Gasteiger partial charge in [0.05, 0.1) is 11.1 Å². The van der Waals surface area contributed by atoms with Gasteiger partial charge in [0.15, 0.2) is 0 Å². The summed E-state index contributed by atoms with van der Waals surface area (Å²) in [7, 11) is 0. The zero-order valence-corrected chi connectivity index (χ0v) is 21.8. The summed E-state index contributed by atoms with van der Waals surface area (Å²) in [6.45, 7) is 10.9. The third-order valence-electron chi connectivity index (χ3n) is 9.74. The van der Waals surface area contributed by atoms with Crippen molar-refractivity contribution in [2.24, 2.45) is 10.8 Å². The lowest BCUT2D eigenvalue weighted by molar-refractivity contribution is -0.222. The van der Waals surface area contributed by atoms with Crippen molar-refractivity contribution < 1.29 is 19.2 Å². The molecular formula is C28H36N6O4. The highest BCUT2D eigenvalue weighted by Crippen LogP contribution is 2.73. The molecule has 2 N–H and O–H groups in total. The second-order valence-corrected chi connectivity index (χ2v) is 12.5. The molecule has 3 saturated carbocycles. The maximum atomic E-state index is 13.2. The molecule has 38 heavy (non-hydrogen) atoms. The van der Waals surface area contributed by atoms with Crippen molar-refractivity contribution in [2.75, 3.05) is 70.3 Å². The van der Waals surface area contributed by atoms with Gasteiger partial charge in [0, 0.05) is 77.6 Å². The second-order valence-electron chi connectivity index (χ2n) is 12.5. The van der Waals surface area contributed by atoms with Crippen LogP contribution in [0.2, 0.25) is 0 Å². The molecular weight excluding hydrogens is 484 g/mol. The van der Waals surface area contributed by atoms with Crippen molar-refractivity contribution in [1.82, 2.24) is 25.3 Å². The van der Waals surface area contributed by atoms with E-state index in [0.717, 1.165) is 49.9 Å². The minimum atomic E-state index is -0.930. The molecule has 1 aromatic carbocycles. The van der Waals surface area contributed by atoms with E-state index in [-0.39, 0.29) is 18.7 Å². The lowest BCUT2D eigenvalue weighted by atomic mass is 9.35. The number of amides is 4. The van der Waals surface area contributed by atoms with Crippen molar-refractivity contribution in [3.8, 4) is 0 Å². The molecule has 1 aromatic rings. The van der Waals surface area contributed by atoms with E-state index in [1.807, 2.05) is 6.07 Å². The summed E-state index contributed by atoms with van der Waals surface area (Å²) in [5.74, 6) is -1.85. The molecule has 3 aliphatic carbocycles. The van der Waals surface area contributed by atoms with E-state index < -0.39 is 23.8 Å². The number of rotatable bonds is 6. The predicted molar refractivity (Wildman–Crippen MR) is 140 cm³/mol. The minimum Gasteiger partial charge on any atom is -0.369 e. The lowest BCUT2D eigenvalue weighted by Crippen LogP contribution is -2.70. The molecule has 2 bridgehead atoms. The number of carbonyl (C=O) groups is 4. The summed E-state index contributed by atoms with van der Waals surface area (Å²) in [6, 6.07) is 4.50. The molecule has 202 valence electrons. The van der Waals surface area contributed by atoms with E-state index in [1.54, 1.807) is 12.1 Å². The summed E-state index contributed by atoms with van der Waals surface area (Å²) in [6.07, 6.45) is 4.44. The molecule has 4 aliphatic heterocycles. The monoisotopic (exact) mass is 520 g/mol. The summed E-state index contributed by atoms with van der Waals surface area (Å²) in [4.78, 5) is 58.6. The largest absolute Gasteiger partial charge is 0.369 e. The van der Waals surface area contributed by atoms with Crippen molar-refractivity contribution >= 4 is 29.3 Å². The van der Waals surface area contributed by atoms with E-state index in [1.165, 1.54) is 45.4 Å². The molecule has 1 unspecified atom stereocenters. The van der Waals surface area contributed by atoms with Gasteiger partial charge in [-0.25, -0.2) is 0 Å². The quantitative estimate of drug-likeness (QED) is 0.516. The highest BCUT2D eigenvalue weighted by Gasteiger charge is 2.67. The number of nitrogens with zero attached hydrogens (tertiary/aromatic N) is 4. The zero-order chi connectivity index (χ0) is 26.1. The van der Waals surface area contributed by atoms with Crippen LogP contribution in [-0.4, -0.2) is 110 Å². The molecule has 4 heterocycles. The van der Waals surface area contributed by atoms with Gasteiger partial charge in [0.25, 0.3) is 11.8 Å². The number of piperidine rings is 1. The van der Waals surface area contributed by atoms with Crippen LogP contribution < -0.4 is 15.5 Å². The van der Waals surface area contributed by atoms with Gasteiger partial charge in [-0.15, -0.1) is 0 Å². The van der Waals surface area contributed by atoms with Crippen LogP contribution in [0, 0.1) is 10.8 Å². The fourth-order valence-corrected chi connectivity index (χ4v) is 8.20. The van der Waals surface area contributed by atoms with Crippen molar-refractivity contribution in [3.63, 3.8) is 0 Å². The number of fused-ring (bicyclic) bond motifs is 1. The Hall–Kier alpha value is -2.82. The van der Waals surface area contributed by atoms with Gasteiger partial charge in [0.1, 0.15) is 6.04 Å². The Kier molecular flexibility index (Phi) is 5.65. The molecule has 6 fully saturated rings. The number of carbonyl (C=O) groups excluding carboxylic acids is 4. The number of imide groups is 2. The Morgan fingerprint density at radius 2 is 1.42 bits per heavy atom. The number of nitrogens with one attached hydrogen (secondary N) is 2. The lowest BCUT2D eigenvalue weighted by Gasteiger charge is -2.73. The molecule has 10 nitrogen and oxygen atoms in total. The number of hydrogen-bond donors (Lipinski definition) is 2. The van der Waals surface area contributed by atoms with Crippen LogP contribution in [0.3, 0.4) is 0 Å². The summed E-state index contributed by atoms with van der Waals surface area (Å²) >= 11 is 0. The first-order chi connectivity index (χ1) is 18.3. The van der Waals surface area contributed by atoms with Crippen molar-refractivity contribution in [2.45, 2.75) is 38.1 Å². The first-order valence-electron chi connectivity index (χ1n) is 14.1. The highest BCUT2D eigenvalue weighted by molar-refractivity contribution is 6.23. The van der Waals surface area contributed by atoms with Crippen LogP contribution in [-0.2, 0) is 9.59 Å². The van der Waals surface area contributed by atoms with E-state index in [9.17, 15) is 19.2 Å². The van der Waals surface area contributed by atoms with Crippen molar-refractivity contribution in [1.29, 1.82) is 0 Å². The Bertz CT molecular complexity index is 1180. The molecule has 0 radical (unpaired) electrons. The van der Waals surface area contributed by atoms with E-state index in [0.29, 0.717) is 22.0 Å². The number of piperazine rings is 2. The Morgan fingerprint density at radius 1 is 0.789 bits per heavy atom. The van der Waals surface area contributed by atoms with Gasteiger partial charge in [-0.3, -0.25) is 34.3 Å². The maximum Gasteiger partial charge on any atom is 0.262 e. The Morgan fingerprint density at radius 3 is 2.08 bits per heavy atom. The first-order valence-corrected chi connectivity index (χ1v) is 14.1. The van der Waals surface area contributed by atoms with Gasteiger partial charge in [0.2, 0.25) is 11.8 Å². The molecule has 0 aromatic heterocycles. The smallest absolute Gasteiger partial charge is 0.262 e. The number of hydrogen-bond acceptors (Lipinski definition) is 8. The SMILES string of the molecule is O=C1CCC(N2C(=O)c3ccc(N4CCN(CC56CC(CN7CCNCC7)(C5)C6)CC4)cc3C2=O)C(=O)N1. The van der Waals surface area contributed by atoms with E-state index in [2.05, 4.69) is 25.3 Å². The number of benzene rings is 1. The molecule has 10 heteroatoms. The molecule has 8 rings (SSSR count). The fourth-order valence-electron chi connectivity index (χ4n) is 8.20. The van der Waals surface area contributed by atoms with E-state index in [4.69, 9.17) is 0 Å². The van der Waals surface area contributed by atoms with Crippen LogP contribution in [0.1, 0.15) is 52.8 Å². The first kappa shape index (κ1) is 24.2. The number of anilines is 1. The van der Waals surface area contributed by atoms with Gasteiger partial charge < -0.3 is 15.1 Å². The third-order valence-corrected chi connectivity index (χ3v) is 9.74. The average Bonchev–Trinajstić information content (AvgIpc) is 3.12. The molecule has 7 aliphatic rings. The van der Waals surface area contributed by atoms with Crippen LogP contribution in [0.15, 0.2) is 18.2 Å². The normalized spacial score (nSPS) is 33.6. The second kappa shape index (κ2) is 8.86. The third kappa shape index (κ3) is 3.96. The minimum absolute atomic E-state index is 0.123. The van der Waals surface area contributed by atoms with Gasteiger partial charge in [-0.05, 0) is 54.7 Å². The van der Waals surface area contributed by atoms with Gasteiger partial charge in [-0.2, -0.15) is 0 Å². The highest BCUT2D eigenvalue weighted by atomic mass is 16.2. The zero-order valence-electron chi connectivity index (χ0n) is 21.8. The van der Waals surface area contributed by atoms with Crippen LogP contribution >= 0.6 is 0 Å².